The van der Waals surface area contributed by atoms with Crippen LogP contribution in [-0.4, -0.2) is 40.0 Å². The van der Waals surface area contributed by atoms with Crippen molar-refractivity contribution in [2.24, 2.45) is 11.8 Å². The lowest BCUT2D eigenvalue weighted by molar-refractivity contribution is -0.127. The van der Waals surface area contributed by atoms with Gasteiger partial charge in [-0.3, -0.25) is 4.79 Å². The van der Waals surface area contributed by atoms with Crippen LogP contribution in [0.4, 0.5) is 0 Å². The maximum Gasteiger partial charge on any atom is 0.168 e. The lowest BCUT2D eigenvalue weighted by Crippen LogP contribution is -2.25. The van der Waals surface area contributed by atoms with Gasteiger partial charge in [-0.2, -0.15) is 0 Å². The molecule has 0 aliphatic heterocycles. The monoisotopic (exact) mass is 318 g/mol. The highest BCUT2D eigenvalue weighted by molar-refractivity contribution is 6.02. The third-order valence-electron chi connectivity index (χ3n) is 4.72. The minimum Gasteiger partial charge on any atom is -0.493 e. The SMILES string of the molecule is COCO[C@H]1C[C@@H]2C[C@H]1C(=O)C=C2c1cccc(OC)c1OC. The number of para-hydroxylation sites is 1. The van der Waals surface area contributed by atoms with Gasteiger partial charge in [-0.15, -0.1) is 0 Å². The number of hydrogen-bond donors (Lipinski definition) is 0. The van der Waals surface area contributed by atoms with Gasteiger partial charge in [-0.1, -0.05) is 12.1 Å². The van der Waals surface area contributed by atoms with Crippen LogP contribution in [0.3, 0.4) is 0 Å². The van der Waals surface area contributed by atoms with E-state index < -0.39 is 0 Å². The maximum atomic E-state index is 12.5. The smallest absolute Gasteiger partial charge is 0.168 e. The summed E-state index contributed by atoms with van der Waals surface area (Å²) in [4.78, 5) is 12.5. The molecule has 0 saturated heterocycles. The van der Waals surface area contributed by atoms with Gasteiger partial charge in [0.05, 0.1) is 20.3 Å². The van der Waals surface area contributed by atoms with Crippen LogP contribution >= 0.6 is 0 Å². The maximum absolute atomic E-state index is 12.5. The molecule has 0 N–H and O–H groups in total. The highest BCUT2D eigenvalue weighted by Crippen LogP contribution is 2.48. The molecule has 5 nitrogen and oxygen atoms in total. The zero-order valence-electron chi connectivity index (χ0n) is 13.7. The van der Waals surface area contributed by atoms with Gasteiger partial charge in [0, 0.05) is 18.6 Å². The van der Waals surface area contributed by atoms with Crippen LogP contribution in [0, 0.1) is 11.8 Å². The number of carbonyl (C=O) groups is 1. The number of fused-ring (bicyclic) bond motifs is 2. The lowest BCUT2D eigenvalue weighted by Gasteiger charge is -2.22. The molecule has 2 aliphatic carbocycles. The number of allylic oxidation sites excluding steroid dienone is 2. The summed E-state index contributed by atoms with van der Waals surface area (Å²) in [5, 5.41) is 0. The average molecular weight is 318 g/mol. The summed E-state index contributed by atoms with van der Waals surface area (Å²) in [6, 6.07) is 5.75. The summed E-state index contributed by atoms with van der Waals surface area (Å²) in [6.07, 6.45) is 3.33. The molecule has 2 aliphatic rings. The highest BCUT2D eigenvalue weighted by atomic mass is 16.7. The Morgan fingerprint density at radius 3 is 2.65 bits per heavy atom. The van der Waals surface area contributed by atoms with Crippen molar-refractivity contribution in [3.8, 4) is 11.5 Å². The fourth-order valence-electron chi connectivity index (χ4n) is 3.68. The first-order valence-electron chi connectivity index (χ1n) is 7.77. The summed E-state index contributed by atoms with van der Waals surface area (Å²) in [5.41, 5.74) is 1.95. The van der Waals surface area contributed by atoms with Crippen molar-refractivity contribution >= 4 is 11.4 Å². The van der Waals surface area contributed by atoms with E-state index in [4.69, 9.17) is 18.9 Å². The molecular weight excluding hydrogens is 296 g/mol. The summed E-state index contributed by atoms with van der Waals surface area (Å²) >= 11 is 0. The number of methoxy groups -OCH3 is 3. The van der Waals surface area contributed by atoms with Gasteiger partial charge in [0.15, 0.2) is 17.3 Å². The van der Waals surface area contributed by atoms with Crippen LogP contribution < -0.4 is 9.47 Å². The molecule has 0 amide bonds. The van der Waals surface area contributed by atoms with Crippen LogP contribution in [0.1, 0.15) is 18.4 Å². The Hall–Kier alpha value is -1.85. The Bertz CT molecular complexity index is 622. The van der Waals surface area contributed by atoms with Crippen molar-refractivity contribution in [3.05, 3.63) is 29.8 Å². The van der Waals surface area contributed by atoms with Crippen LogP contribution in [0.25, 0.3) is 5.57 Å². The number of rotatable bonds is 6. The summed E-state index contributed by atoms with van der Waals surface area (Å²) < 4.78 is 21.6. The van der Waals surface area contributed by atoms with Crippen molar-refractivity contribution < 1.29 is 23.7 Å². The number of benzene rings is 1. The Kier molecular flexibility index (Phi) is 4.68. The number of carbonyl (C=O) groups excluding carboxylic acids is 1. The van der Waals surface area contributed by atoms with E-state index in [1.165, 1.54) is 0 Å². The van der Waals surface area contributed by atoms with Gasteiger partial charge < -0.3 is 18.9 Å². The first-order valence-corrected chi connectivity index (χ1v) is 7.77. The third kappa shape index (κ3) is 2.86. The lowest BCUT2D eigenvalue weighted by atomic mass is 9.83. The molecular formula is C18H22O5. The molecule has 2 bridgehead atoms. The Morgan fingerprint density at radius 1 is 1.13 bits per heavy atom. The Balaban J connectivity index is 1.92. The second-order valence-corrected chi connectivity index (χ2v) is 5.93. The predicted octanol–water partition coefficient (Wildman–Crippen LogP) is 2.69. The highest BCUT2D eigenvalue weighted by Gasteiger charge is 2.44. The molecule has 1 fully saturated rings. The van der Waals surface area contributed by atoms with E-state index in [0.29, 0.717) is 17.4 Å². The number of ether oxygens (including phenoxy) is 4. The fraction of sp³-hybridized carbons (Fsp3) is 0.500. The zero-order chi connectivity index (χ0) is 16.4. The zero-order valence-corrected chi connectivity index (χ0v) is 13.7. The first kappa shape index (κ1) is 16.0. The molecule has 3 atom stereocenters. The van der Waals surface area contributed by atoms with Crippen molar-refractivity contribution in [2.45, 2.75) is 18.9 Å². The normalized spacial score (nSPS) is 26.1. The molecule has 1 aromatic carbocycles. The summed E-state index contributed by atoms with van der Waals surface area (Å²) in [5.74, 6) is 1.70. The van der Waals surface area contributed by atoms with Gasteiger partial charge in [-0.05, 0) is 36.5 Å². The number of hydrogen-bond acceptors (Lipinski definition) is 5. The van der Waals surface area contributed by atoms with Gasteiger partial charge in [0.1, 0.15) is 6.79 Å². The van der Waals surface area contributed by atoms with Gasteiger partial charge >= 0.3 is 0 Å². The molecule has 0 unspecified atom stereocenters. The summed E-state index contributed by atoms with van der Waals surface area (Å²) in [6.45, 7) is 0.221. The van der Waals surface area contributed by atoms with E-state index >= 15 is 0 Å². The van der Waals surface area contributed by atoms with Crippen LogP contribution in [0.2, 0.25) is 0 Å². The molecule has 1 saturated carbocycles. The fourth-order valence-corrected chi connectivity index (χ4v) is 3.68. The van der Waals surface area contributed by atoms with E-state index in [-0.39, 0.29) is 24.6 Å². The minimum absolute atomic E-state index is 0.0597. The standard InChI is InChI=1S/C18H22O5/c1-20-10-23-17-8-11-7-14(17)15(19)9-13(11)12-5-4-6-16(21-2)18(12)22-3/h4-6,9,11,14,17H,7-8,10H2,1-3H3/t11-,14-,17-/m0/s1. The van der Waals surface area contributed by atoms with Gasteiger partial charge in [0.25, 0.3) is 0 Å². The van der Waals surface area contributed by atoms with Crippen LogP contribution in [-0.2, 0) is 14.3 Å². The molecule has 0 spiro atoms. The second-order valence-electron chi connectivity index (χ2n) is 5.93. The molecule has 23 heavy (non-hydrogen) atoms. The van der Waals surface area contributed by atoms with Crippen LogP contribution in [0.15, 0.2) is 24.3 Å². The van der Waals surface area contributed by atoms with E-state index in [1.54, 1.807) is 27.4 Å². The largest absolute Gasteiger partial charge is 0.493 e. The topological polar surface area (TPSA) is 54.0 Å². The van der Waals surface area contributed by atoms with Crippen molar-refractivity contribution in [1.29, 1.82) is 0 Å². The molecule has 3 rings (SSSR count). The Labute approximate surface area is 136 Å². The van der Waals surface area contributed by atoms with E-state index in [2.05, 4.69) is 0 Å². The second kappa shape index (κ2) is 6.72. The Morgan fingerprint density at radius 2 is 1.96 bits per heavy atom. The predicted molar refractivity (Wildman–Crippen MR) is 85.5 cm³/mol. The van der Waals surface area contributed by atoms with Crippen molar-refractivity contribution in [2.75, 3.05) is 28.1 Å². The van der Waals surface area contributed by atoms with Crippen LogP contribution in [0.5, 0.6) is 11.5 Å². The molecule has 1 aromatic rings. The van der Waals surface area contributed by atoms with Crippen molar-refractivity contribution in [1.82, 2.24) is 0 Å². The molecule has 124 valence electrons. The molecule has 0 aromatic heterocycles. The van der Waals surface area contributed by atoms with Gasteiger partial charge in [0.2, 0.25) is 0 Å². The van der Waals surface area contributed by atoms with E-state index in [0.717, 1.165) is 24.0 Å². The molecule has 0 radical (unpaired) electrons. The average Bonchev–Trinajstić information content (AvgIpc) is 2.95. The van der Waals surface area contributed by atoms with E-state index in [9.17, 15) is 4.79 Å². The number of ketones is 1. The minimum atomic E-state index is -0.0715. The first-order chi connectivity index (χ1) is 11.2. The quantitative estimate of drug-likeness (QED) is 0.755. The molecule has 5 heteroatoms. The van der Waals surface area contributed by atoms with E-state index in [1.807, 2.05) is 18.2 Å². The van der Waals surface area contributed by atoms with Crippen molar-refractivity contribution in [3.63, 3.8) is 0 Å². The third-order valence-corrected chi connectivity index (χ3v) is 4.72. The van der Waals surface area contributed by atoms with Gasteiger partial charge in [-0.25, -0.2) is 0 Å². The summed E-state index contributed by atoms with van der Waals surface area (Å²) in [7, 11) is 4.82. The molecule has 0 heterocycles.